The lowest BCUT2D eigenvalue weighted by Gasteiger charge is -1.98. The van der Waals surface area contributed by atoms with E-state index in [-0.39, 0.29) is 5.69 Å². The van der Waals surface area contributed by atoms with E-state index in [9.17, 15) is 8.78 Å². The second-order valence-corrected chi connectivity index (χ2v) is 2.44. The number of isothiocyanates is 1. The molecule has 62 valence electrons. The van der Waals surface area contributed by atoms with E-state index in [1.54, 1.807) is 0 Å². The van der Waals surface area contributed by atoms with Crippen LogP contribution in [0.15, 0.2) is 17.1 Å². The Morgan fingerprint density at radius 3 is 2.58 bits per heavy atom. The van der Waals surface area contributed by atoms with Crippen molar-refractivity contribution in [1.29, 1.82) is 0 Å². The average Bonchev–Trinajstić information content (AvgIpc) is 2.01. The fourth-order valence-electron chi connectivity index (χ4n) is 0.777. The van der Waals surface area contributed by atoms with E-state index in [4.69, 9.17) is 0 Å². The molecule has 4 heteroatoms. The maximum absolute atomic E-state index is 12.8. The third kappa shape index (κ3) is 1.72. The van der Waals surface area contributed by atoms with Gasteiger partial charge in [0, 0.05) is 6.07 Å². The highest BCUT2D eigenvalue weighted by Crippen LogP contribution is 2.20. The molecule has 0 heterocycles. The van der Waals surface area contributed by atoms with E-state index in [1.807, 2.05) is 5.16 Å². The van der Waals surface area contributed by atoms with Gasteiger partial charge in [0.25, 0.3) is 0 Å². The van der Waals surface area contributed by atoms with Gasteiger partial charge in [-0.25, -0.2) is 8.78 Å². The largest absolute Gasteiger partial charge is 0.207 e. The molecule has 0 saturated heterocycles. The Morgan fingerprint density at radius 2 is 2.00 bits per heavy atom. The maximum atomic E-state index is 12.8. The van der Waals surface area contributed by atoms with Gasteiger partial charge in [-0.05, 0) is 30.8 Å². The summed E-state index contributed by atoms with van der Waals surface area (Å²) < 4.78 is 25.5. The Balaban J connectivity index is 3.32. The molecule has 0 aliphatic heterocycles. The lowest BCUT2D eigenvalue weighted by atomic mass is 10.2. The number of halogens is 2. The Bertz CT molecular complexity index is 356. The van der Waals surface area contributed by atoms with Crippen LogP contribution in [0.2, 0.25) is 0 Å². The van der Waals surface area contributed by atoms with Gasteiger partial charge in [-0.3, -0.25) is 0 Å². The first-order valence-electron chi connectivity index (χ1n) is 3.18. The highest BCUT2D eigenvalue weighted by Gasteiger charge is 2.05. The number of hydrogen-bond acceptors (Lipinski definition) is 2. The first-order valence-corrected chi connectivity index (χ1v) is 3.59. The van der Waals surface area contributed by atoms with Gasteiger partial charge in [0.05, 0.1) is 5.16 Å². The molecule has 1 aromatic rings. The second-order valence-electron chi connectivity index (χ2n) is 2.26. The molecule has 1 rings (SSSR count). The van der Waals surface area contributed by atoms with Crippen LogP contribution < -0.4 is 0 Å². The molecule has 0 N–H and O–H groups in total. The number of thiocarbonyl (C=S) groups is 1. The first-order chi connectivity index (χ1) is 5.65. The number of nitrogens with zero attached hydrogens (tertiary/aromatic N) is 1. The summed E-state index contributed by atoms with van der Waals surface area (Å²) >= 11 is 4.29. The zero-order chi connectivity index (χ0) is 9.14. The quantitative estimate of drug-likeness (QED) is 0.484. The SMILES string of the molecule is Cc1cc(N=C=S)c(F)cc1F. The van der Waals surface area contributed by atoms with Gasteiger partial charge >= 0.3 is 0 Å². The zero-order valence-electron chi connectivity index (χ0n) is 6.27. The third-order valence-corrected chi connectivity index (χ3v) is 1.49. The minimum atomic E-state index is -0.726. The number of hydrogen-bond donors (Lipinski definition) is 0. The van der Waals surface area contributed by atoms with Crippen LogP contribution in [0.5, 0.6) is 0 Å². The summed E-state index contributed by atoms with van der Waals surface area (Å²) in [5.74, 6) is -1.31. The lowest BCUT2D eigenvalue weighted by Crippen LogP contribution is -1.84. The Labute approximate surface area is 73.7 Å². The van der Waals surface area contributed by atoms with E-state index in [0.29, 0.717) is 5.56 Å². The molecular formula is C8H5F2NS. The molecule has 0 spiro atoms. The van der Waals surface area contributed by atoms with Gasteiger partial charge in [0.15, 0.2) is 5.82 Å². The van der Waals surface area contributed by atoms with E-state index < -0.39 is 11.6 Å². The topological polar surface area (TPSA) is 12.4 Å². The van der Waals surface area contributed by atoms with Crippen molar-refractivity contribution in [1.82, 2.24) is 0 Å². The van der Waals surface area contributed by atoms with Crippen molar-refractivity contribution >= 4 is 23.1 Å². The standard InChI is InChI=1S/C8H5F2NS/c1-5-2-8(11-4-12)7(10)3-6(5)9/h2-3H,1H3. The first kappa shape index (κ1) is 8.97. The molecule has 0 unspecified atom stereocenters. The van der Waals surface area contributed by atoms with Crippen LogP contribution in [0.4, 0.5) is 14.5 Å². The van der Waals surface area contributed by atoms with Gasteiger partial charge in [-0.15, -0.1) is 0 Å². The molecular weight excluding hydrogens is 180 g/mol. The third-order valence-electron chi connectivity index (χ3n) is 1.39. The Morgan fingerprint density at radius 1 is 1.33 bits per heavy atom. The fraction of sp³-hybridized carbons (Fsp3) is 0.125. The summed E-state index contributed by atoms with van der Waals surface area (Å²) in [6, 6.07) is 2.06. The predicted octanol–water partition coefficient (Wildman–Crippen LogP) is 3.01. The highest BCUT2D eigenvalue weighted by molar-refractivity contribution is 7.78. The molecule has 0 saturated carbocycles. The normalized spacial score (nSPS) is 9.25. The fourth-order valence-corrected chi connectivity index (χ4v) is 0.875. The molecule has 0 atom stereocenters. The molecule has 0 aromatic heterocycles. The molecule has 1 aromatic carbocycles. The average molecular weight is 185 g/mol. The second kappa shape index (κ2) is 3.52. The molecule has 0 amide bonds. The van der Waals surface area contributed by atoms with Crippen LogP contribution in [0, 0.1) is 18.6 Å². The van der Waals surface area contributed by atoms with Crippen LogP contribution >= 0.6 is 12.2 Å². The summed E-state index contributed by atoms with van der Waals surface area (Å²) in [6.45, 7) is 1.52. The molecule has 0 aliphatic rings. The van der Waals surface area contributed by atoms with Crippen LogP contribution in [0.1, 0.15) is 5.56 Å². The lowest BCUT2D eigenvalue weighted by molar-refractivity contribution is 0.579. The smallest absolute Gasteiger partial charge is 0.152 e. The monoisotopic (exact) mass is 185 g/mol. The van der Waals surface area contributed by atoms with E-state index in [2.05, 4.69) is 17.2 Å². The molecule has 1 nitrogen and oxygen atoms in total. The van der Waals surface area contributed by atoms with E-state index in [1.165, 1.54) is 13.0 Å². The summed E-state index contributed by atoms with van der Waals surface area (Å²) in [5, 5.41) is 2.02. The summed E-state index contributed by atoms with van der Waals surface area (Å²) in [6.07, 6.45) is 0. The van der Waals surface area contributed by atoms with Crippen molar-refractivity contribution in [2.45, 2.75) is 6.92 Å². The maximum Gasteiger partial charge on any atom is 0.152 e. The van der Waals surface area contributed by atoms with Crippen molar-refractivity contribution in [2.24, 2.45) is 4.99 Å². The molecule has 12 heavy (non-hydrogen) atoms. The predicted molar refractivity (Wildman–Crippen MR) is 45.8 cm³/mol. The Hall–Kier alpha value is -1.12. The Kier molecular flexibility index (Phi) is 2.63. The molecule has 0 aliphatic carbocycles. The highest BCUT2D eigenvalue weighted by atomic mass is 32.1. The number of rotatable bonds is 1. The minimum Gasteiger partial charge on any atom is -0.207 e. The number of benzene rings is 1. The van der Waals surface area contributed by atoms with Crippen LogP contribution in [0.3, 0.4) is 0 Å². The summed E-state index contributed by atoms with van der Waals surface area (Å²) in [4.78, 5) is 3.43. The van der Waals surface area contributed by atoms with Gasteiger partial charge in [0.1, 0.15) is 11.5 Å². The molecule has 0 fully saturated rings. The van der Waals surface area contributed by atoms with E-state index in [0.717, 1.165) is 6.07 Å². The van der Waals surface area contributed by atoms with Gasteiger partial charge in [-0.2, -0.15) is 4.99 Å². The van der Waals surface area contributed by atoms with Crippen LogP contribution in [0.25, 0.3) is 0 Å². The van der Waals surface area contributed by atoms with Gasteiger partial charge in [0.2, 0.25) is 0 Å². The molecule has 0 radical (unpaired) electrons. The van der Waals surface area contributed by atoms with Crippen LogP contribution in [-0.2, 0) is 0 Å². The summed E-state index contributed by atoms with van der Waals surface area (Å²) in [7, 11) is 0. The zero-order valence-corrected chi connectivity index (χ0v) is 7.08. The van der Waals surface area contributed by atoms with Gasteiger partial charge in [-0.1, -0.05) is 0 Å². The van der Waals surface area contributed by atoms with E-state index >= 15 is 0 Å². The van der Waals surface area contributed by atoms with Crippen molar-refractivity contribution in [3.63, 3.8) is 0 Å². The van der Waals surface area contributed by atoms with Gasteiger partial charge < -0.3 is 0 Å². The minimum absolute atomic E-state index is 0.0175. The van der Waals surface area contributed by atoms with Crippen LogP contribution in [-0.4, -0.2) is 5.16 Å². The van der Waals surface area contributed by atoms with Crippen molar-refractivity contribution in [2.75, 3.05) is 0 Å². The molecule has 0 bridgehead atoms. The number of aryl methyl sites for hydroxylation is 1. The number of aliphatic imine (C=N–C) groups is 1. The van der Waals surface area contributed by atoms with Crippen molar-refractivity contribution in [3.8, 4) is 0 Å². The summed E-state index contributed by atoms with van der Waals surface area (Å²) in [5.41, 5.74) is 0.351. The van der Waals surface area contributed by atoms with Crippen molar-refractivity contribution in [3.05, 3.63) is 29.3 Å². The van der Waals surface area contributed by atoms with Crippen molar-refractivity contribution < 1.29 is 8.78 Å².